The molecule has 38 heavy (non-hydrogen) atoms. The zero-order valence-corrected chi connectivity index (χ0v) is 21.4. The monoisotopic (exact) mass is 517 g/mol. The predicted octanol–water partition coefficient (Wildman–Crippen LogP) is 3.25. The molecule has 0 radical (unpaired) electrons. The lowest BCUT2D eigenvalue weighted by Crippen LogP contribution is -2.64. The highest BCUT2D eigenvalue weighted by Gasteiger charge is 2.42. The van der Waals surface area contributed by atoms with Crippen molar-refractivity contribution in [3.05, 3.63) is 96.3 Å². The average molecular weight is 518 g/mol. The van der Waals surface area contributed by atoms with Crippen molar-refractivity contribution in [3.63, 3.8) is 0 Å². The summed E-state index contributed by atoms with van der Waals surface area (Å²) >= 11 is 0. The summed E-state index contributed by atoms with van der Waals surface area (Å²) in [4.78, 5) is 42.9. The number of ether oxygens (including phenoxy) is 1. The molecule has 4 rings (SSSR count). The Morgan fingerprint density at radius 3 is 2.42 bits per heavy atom. The average Bonchev–Trinajstić information content (AvgIpc) is 2.93. The third-order valence-corrected chi connectivity index (χ3v) is 6.98. The number of carbonyl (C=O) groups excluding carboxylic acids is 3. The minimum atomic E-state index is -0.902. The van der Waals surface area contributed by atoms with E-state index in [2.05, 4.69) is 6.58 Å². The number of nitrogens with two attached hydrogens (primary N) is 1. The highest BCUT2D eigenvalue weighted by Crippen LogP contribution is 2.23. The van der Waals surface area contributed by atoms with Crippen LogP contribution in [0.3, 0.4) is 0 Å². The topological polar surface area (TPSA) is 92.9 Å². The predicted molar refractivity (Wildman–Crippen MR) is 144 cm³/mol. The summed E-state index contributed by atoms with van der Waals surface area (Å²) in [6, 6.07) is 17.1. The van der Waals surface area contributed by atoms with Gasteiger partial charge in [-0.1, -0.05) is 60.7 Å². The number of amides is 2. The fraction of sp³-hybridized carbons (Fsp3) is 0.300. The van der Waals surface area contributed by atoms with Crippen LogP contribution in [0.4, 0.5) is 4.39 Å². The molecule has 0 bridgehead atoms. The van der Waals surface area contributed by atoms with Gasteiger partial charge in [-0.25, -0.2) is 9.18 Å². The van der Waals surface area contributed by atoms with Crippen LogP contribution in [-0.2, 0) is 32.0 Å². The van der Waals surface area contributed by atoms with E-state index in [4.69, 9.17) is 10.5 Å². The van der Waals surface area contributed by atoms with Crippen molar-refractivity contribution in [3.8, 4) is 0 Å². The second-order valence-corrected chi connectivity index (χ2v) is 9.47. The molecule has 3 atom stereocenters. The minimum absolute atomic E-state index is 0.162. The van der Waals surface area contributed by atoms with Gasteiger partial charge in [0.2, 0.25) is 11.8 Å². The molecule has 1 aliphatic rings. The maximum Gasteiger partial charge on any atom is 0.328 e. The number of rotatable bonds is 9. The Balaban J connectivity index is 1.53. The molecule has 3 aromatic carbocycles. The summed E-state index contributed by atoms with van der Waals surface area (Å²) in [6.45, 7) is 4.13. The number of piperazine rings is 1. The number of nitrogens with zero attached hydrogens (tertiary/aromatic N) is 2. The summed E-state index contributed by atoms with van der Waals surface area (Å²) in [5.74, 6) is -1.62. The first kappa shape index (κ1) is 27.0. The fourth-order valence-corrected chi connectivity index (χ4v) is 4.99. The summed E-state index contributed by atoms with van der Waals surface area (Å²) in [6.07, 6.45) is 2.28. The number of hydrogen-bond acceptors (Lipinski definition) is 5. The van der Waals surface area contributed by atoms with Crippen molar-refractivity contribution in [2.45, 2.75) is 37.4 Å². The maximum absolute atomic E-state index is 13.7. The first-order valence-electron chi connectivity index (χ1n) is 12.6. The number of esters is 1. The fourth-order valence-electron chi connectivity index (χ4n) is 4.99. The number of hydrogen-bond donors (Lipinski definition) is 1. The molecule has 1 heterocycles. The van der Waals surface area contributed by atoms with Crippen molar-refractivity contribution in [2.75, 3.05) is 20.2 Å². The number of benzene rings is 3. The van der Waals surface area contributed by atoms with E-state index in [0.29, 0.717) is 0 Å². The summed E-state index contributed by atoms with van der Waals surface area (Å²) < 4.78 is 18.3. The Labute approximate surface area is 221 Å². The maximum atomic E-state index is 13.7. The smallest absolute Gasteiger partial charge is 0.328 e. The van der Waals surface area contributed by atoms with E-state index in [9.17, 15) is 18.8 Å². The van der Waals surface area contributed by atoms with Crippen molar-refractivity contribution >= 4 is 28.6 Å². The van der Waals surface area contributed by atoms with Crippen LogP contribution in [0.5, 0.6) is 0 Å². The van der Waals surface area contributed by atoms with Gasteiger partial charge < -0.3 is 20.3 Å². The molecule has 7 nitrogen and oxygen atoms in total. The van der Waals surface area contributed by atoms with Crippen LogP contribution in [0, 0.1) is 5.82 Å². The molecular formula is C30H32FN3O4. The zero-order chi connectivity index (χ0) is 27.2. The van der Waals surface area contributed by atoms with Crippen LogP contribution in [0.1, 0.15) is 17.5 Å². The second-order valence-electron chi connectivity index (χ2n) is 9.47. The van der Waals surface area contributed by atoms with Gasteiger partial charge in [0.05, 0.1) is 13.2 Å². The first-order chi connectivity index (χ1) is 18.3. The van der Waals surface area contributed by atoms with Crippen molar-refractivity contribution in [1.82, 2.24) is 9.80 Å². The van der Waals surface area contributed by atoms with Crippen molar-refractivity contribution in [1.29, 1.82) is 0 Å². The Morgan fingerprint density at radius 1 is 1.05 bits per heavy atom. The number of halogens is 1. The van der Waals surface area contributed by atoms with Crippen LogP contribution >= 0.6 is 0 Å². The van der Waals surface area contributed by atoms with E-state index < -0.39 is 24.1 Å². The van der Waals surface area contributed by atoms with E-state index in [-0.39, 0.29) is 50.0 Å². The molecular weight excluding hydrogens is 485 g/mol. The molecule has 0 saturated carbocycles. The molecule has 2 unspecified atom stereocenters. The molecule has 0 spiro atoms. The standard InChI is InChI=1S/C30H32FN3O4/c1-3-6-26-29(36)34(16-15-33(26)28(35)25(32)18-20-10-13-24(31)14-11-20)27(30(37)38-2)19-21-9-12-22-7-4-5-8-23(22)17-21/h3-5,7-14,17,25-27H,1,6,15-16,18-19,32H2,2H3/t25?,26-,27?/m0/s1. The summed E-state index contributed by atoms with van der Waals surface area (Å²) in [5, 5.41) is 2.12. The minimum Gasteiger partial charge on any atom is -0.467 e. The second kappa shape index (κ2) is 12.0. The molecule has 1 aliphatic heterocycles. The zero-order valence-electron chi connectivity index (χ0n) is 21.4. The van der Waals surface area contributed by atoms with E-state index in [1.165, 1.54) is 29.0 Å². The normalized spacial score (nSPS) is 17.2. The van der Waals surface area contributed by atoms with Gasteiger partial charge in [0.1, 0.15) is 17.9 Å². The van der Waals surface area contributed by atoms with Crippen LogP contribution in [-0.4, -0.2) is 65.9 Å². The van der Waals surface area contributed by atoms with Gasteiger partial charge in [-0.3, -0.25) is 9.59 Å². The van der Waals surface area contributed by atoms with E-state index >= 15 is 0 Å². The van der Waals surface area contributed by atoms with Gasteiger partial charge in [0, 0.05) is 19.5 Å². The van der Waals surface area contributed by atoms with Crippen molar-refractivity contribution < 1.29 is 23.5 Å². The first-order valence-corrected chi connectivity index (χ1v) is 12.6. The van der Waals surface area contributed by atoms with E-state index in [0.717, 1.165) is 21.9 Å². The number of carbonyl (C=O) groups is 3. The summed E-state index contributed by atoms with van der Waals surface area (Å²) in [5.41, 5.74) is 7.84. The molecule has 1 saturated heterocycles. The third kappa shape index (κ3) is 5.92. The summed E-state index contributed by atoms with van der Waals surface area (Å²) in [7, 11) is 1.30. The van der Waals surface area contributed by atoms with Gasteiger partial charge in [-0.2, -0.15) is 0 Å². The van der Waals surface area contributed by atoms with Gasteiger partial charge in [-0.15, -0.1) is 6.58 Å². The van der Waals surface area contributed by atoms with E-state index in [1.807, 2.05) is 42.5 Å². The molecule has 8 heteroatoms. The molecule has 0 aromatic heterocycles. The van der Waals surface area contributed by atoms with Gasteiger partial charge in [0.25, 0.3) is 0 Å². The molecule has 3 aromatic rings. The Morgan fingerprint density at radius 2 is 1.74 bits per heavy atom. The van der Waals surface area contributed by atoms with Crippen LogP contribution in [0.2, 0.25) is 0 Å². The SMILES string of the molecule is C=CC[C@H]1C(=O)N(C(Cc2ccc3ccccc3c2)C(=O)OC)CCN1C(=O)C(N)Cc1ccc(F)cc1. The Hall–Kier alpha value is -4.04. The number of methoxy groups -OCH3 is 1. The molecule has 0 aliphatic carbocycles. The van der Waals surface area contributed by atoms with Gasteiger partial charge >= 0.3 is 5.97 Å². The van der Waals surface area contributed by atoms with Crippen molar-refractivity contribution in [2.24, 2.45) is 5.73 Å². The van der Waals surface area contributed by atoms with Gasteiger partial charge in [0.15, 0.2) is 0 Å². The Bertz CT molecular complexity index is 1330. The molecule has 2 amide bonds. The highest BCUT2D eigenvalue weighted by molar-refractivity contribution is 5.93. The quantitative estimate of drug-likeness (QED) is 0.348. The molecule has 198 valence electrons. The van der Waals surface area contributed by atoms with Crippen LogP contribution in [0.15, 0.2) is 79.4 Å². The van der Waals surface area contributed by atoms with Gasteiger partial charge in [-0.05, 0) is 46.9 Å². The van der Waals surface area contributed by atoms with Crippen LogP contribution < -0.4 is 5.73 Å². The lowest BCUT2D eigenvalue weighted by atomic mass is 9.97. The lowest BCUT2D eigenvalue weighted by Gasteiger charge is -2.43. The van der Waals surface area contributed by atoms with E-state index in [1.54, 1.807) is 18.2 Å². The lowest BCUT2D eigenvalue weighted by molar-refractivity contribution is -0.161. The third-order valence-electron chi connectivity index (χ3n) is 6.98. The highest BCUT2D eigenvalue weighted by atomic mass is 19.1. The number of fused-ring (bicyclic) bond motifs is 1. The molecule has 1 fully saturated rings. The Kier molecular flexibility index (Phi) is 8.53. The molecule has 2 N–H and O–H groups in total. The van der Waals surface area contributed by atoms with Crippen LogP contribution in [0.25, 0.3) is 10.8 Å². The largest absolute Gasteiger partial charge is 0.467 e.